The van der Waals surface area contributed by atoms with Gasteiger partial charge in [0.05, 0.1) is 11.4 Å². The number of hydrogen-bond acceptors (Lipinski definition) is 4. The fraction of sp³-hybridized carbons (Fsp3) is 0.400. The van der Waals surface area contributed by atoms with Crippen molar-refractivity contribution in [2.75, 3.05) is 5.75 Å². The van der Waals surface area contributed by atoms with Crippen molar-refractivity contribution in [3.63, 3.8) is 0 Å². The molecule has 0 aliphatic rings. The Morgan fingerprint density at radius 1 is 1.21 bits per heavy atom. The number of aryl methyl sites for hydroxylation is 2. The van der Waals surface area contributed by atoms with E-state index in [0.29, 0.717) is 23.8 Å². The molecule has 0 aliphatic heterocycles. The average Bonchev–Trinajstić information content (AvgIpc) is 3.16. The summed E-state index contributed by atoms with van der Waals surface area (Å²) in [5, 5.41) is 0.756. The van der Waals surface area contributed by atoms with Gasteiger partial charge in [-0.15, -0.1) is 0 Å². The van der Waals surface area contributed by atoms with E-state index in [-0.39, 0.29) is 11.2 Å². The van der Waals surface area contributed by atoms with Crippen LogP contribution in [0.5, 0.6) is 0 Å². The van der Waals surface area contributed by atoms with Gasteiger partial charge in [0.15, 0.2) is 5.65 Å². The van der Waals surface area contributed by atoms with Crippen LogP contribution < -0.4 is 0 Å². The van der Waals surface area contributed by atoms with Gasteiger partial charge in [0.25, 0.3) is 0 Å². The van der Waals surface area contributed by atoms with Gasteiger partial charge in [-0.3, -0.25) is 0 Å². The molecule has 0 aliphatic carbocycles. The van der Waals surface area contributed by atoms with Crippen LogP contribution in [0.1, 0.15) is 12.5 Å². The summed E-state index contributed by atoms with van der Waals surface area (Å²) in [6.07, 6.45) is -2.44. The average molecular weight is 491 g/mol. The summed E-state index contributed by atoms with van der Waals surface area (Å²) in [7, 11) is 8.10. The predicted molar refractivity (Wildman–Crippen MR) is 91.7 cm³/mol. The zero-order valence-electron chi connectivity index (χ0n) is 15.0. The molecule has 0 unspecified atom stereocenters. The molecule has 3 aromatic rings. The van der Waals surface area contributed by atoms with Crippen molar-refractivity contribution >= 4 is 32.6 Å². The van der Waals surface area contributed by atoms with Crippen LogP contribution in [-0.2, 0) is 37.3 Å². The molecule has 3 aromatic heterocycles. The third-order valence-corrected chi connectivity index (χ3v) is 4.77. The van der Waals surface area contributed by atoms with E-state index < -0.39 is 17.7 Å². The molecule has 0 atom stereocenters. The number of alkyl halides is 5. The van der Waals surface area contributed by atoms with Crippen LogP contribution >= 0.6 is 21.5 Å². The van der Waals surface area contributed by atoms with E-state index in [0.717, 1.165) is 28.1 Å². The number of imidazole rings is 2. The standard InChI is InChI=1S/C15H13F5N5S.ClH.Zn/c1-4-26-13-10(22-7-24(13)2)12-23-9-5-8(6-21-11(9)25(12)3)14(16,17)15(18,19)20;;/h5-6H,4H2,1-3H3;1H;/q-1;;+2/p-1. The molecular weight excluding hydrogens is 478 g/mol. The van der Waals surface area contributed by atoms with Crippen molar-refractivity contribution < 1.29 is 39.3 Å². The quantitative estimate of drug-likeness (QED) is 0.231. The Morgan fingerprint density at radius 2 is 1.86 bits per heavy atom. The summed E-state index contributed by atoms with van der Waals surface area (Å²) in [6, 6.07) is 0.707. The Labute approximate surface area is 175 Å². The molecule has 0 spiro atoms. The Balaban J connectivity index is 0.00000136. The summed E-state index contributed by atoms with van der Waals surface area (Å²) in [4.78, 5) is 12.1. The third kappa shape index (κ3) is 4.04. The first-order valence-electron chi connectivity index (χ1n) is 7.69. The normalized spacial score (nSPS) is 12.2. The molecule has 5 nitrogen and oxygen atoms in total. The molecule has 0 fully saturated rings. The Morgan fingerprint density at radius 3 is 2.43 bits per heavy atom. The van der Waals surface area contributed by atoms with Crippen LogP contribution in [0.25, 0.3) is 22.7 Å². The first-order chi connectivity index (χ1) is 13.1. The van der Waals surface area contributed by atoms with Gasteiger partial charge >= 0.3 is 39.1 Å². The zero-order chi connectivity index (χ0) is 21.3. The number of halogens is 6. The molecule has 0 saturated heterocycles. The number of hydrogen-bond donors (Lipinski definition) is 0. The van der Waals surface area contributed by atoms with Gasteiger partial charge in [-0.2, -0.15) is 33.7 Å². The van der Waals surface area contributed by atoms with Crippen LogP contribution in [0.2, 0.25) is 0 Å². The van der Waals surface area contributed by atoms with Gasteiger partial charge in [-0.05, 0) is 24.6 Å². The van der Waals surface area contributed by atoms with Crippen molar-refractivity contribution in [1.82, 2.24) is 24.1 Å². The summed E-state index contributed by atoms with van der Waals surface area (Å²) >= 11 is 2.33. The second-order valence-corrected chi connectivity index (χ2v) is 6.74. The summed E-state index contributed by atoms with van der Waals surface area (Å²) in [6.45, 7) is 1.95. The Bertz CT molecular complexity index is 972. The summed E-state index contributed by atoms with van der Waals surface area (Å²) in [5.41, 5.74) is -0.677. The first-order valence-corrected chi connectivity index (χ1v) is 12.6. The summed E-state index contributed by atoms with van der Waals surface area (Å²) in [5.74, 6) is -3.94. The van der Waals surface area contributed by atoms with E-state index in [9.17, 15) is 22.0 Å². The van der Waals surface area contributed by atoms with Crippen molar-refractivity contribution in [1.29, 1.82) is 0 Å². The minimum atomic E-state index is -5.71. The molecule has 3 heterocycles. The predicted octanol–water partition coefficient (Wildman–Crippen LogP) is 4.62. The van der Waals surface area contributed by atoms with Crippen molar-refractivity contribution in [2.45, 2.75) is 24.0 Å². The fourth-order valence-electron chi connectivity index (χ4n) is 2.45. The minimum absolute atomic E-state index is 0.0676. The van der Waals surface area contributed by atoms with Crippen LogP contribution in [-0.4, -0.2) is 36.0 Å². The SMILES string of the molecule is CCSc1c(-c2nc3cc(C(F)(F)C(F)(F)F)cnc3n2C)n[c-]n1C.[Cl][Zn+]. The number of rotatable bonds is 4. The van der Waals surface area contributed by atoms with Crippen LogP contribution in [0.15, 0.2) is 17.3 Å². The molecule has 0 amide bonds. The van der Waals surface area contributed by atoms with E-state index in [4.69, 9.17) is 9.69 Å². The monoisotopic (exact) mass is 489 g/mol. The van der Waals surface area contributed by atoms with E-state index >= 15 is 0 Å². The van der Waals surface area contributed by atoms with Gasteiger partial charge in [-0.1, -0.05) is 11.9 Å². The maximum atomic E-state index is 13.6. The number of fused-ring (bicyclic) bond motifs is 1. The molecule has 0 aromatic carbocycles. The van der Waals surface area contributed by atoms with E-state index in [1.54, 1.807) is 18.7 Å². The van der Waals surface area contributed by atoms with Gasteiger partial charge in [0.1, 0.15) is 5.52 Å². The molecule has 28 heavy (non-hydrogen) atoms. The third-order valence-electron chi connectivity index (χ3n) is 3.74. The van der Waals surface area contributed by atoms with Crippen LogP contribution in [0.4, 0.5) is 22.0 Å². The summed E-state index contributed by atoms with van der Waals surface area (Å²) < 4.78 is 68.1. The Hall–Kier alpha value is -1.26. The molecule has 0 N–H and O–H groups in total. The molecule has 3 rings (SSSR count). The van der Waals surface area contributed by atoms with Crippen molar-refractivity contribution in [3.05, 3.63) is 24.2 Å². The molecular formula is C15H13ClF5N5SZn. The molecule has 148 valence electrons. The molecule has 0 saturated carbocycles. The van der Waals surface area contributed by atoms with Crippen LogP contribution in [0.3, 0.4) is 0 Å². The molecule has 0 radical (unpaired) electrons. The molecule has 13 heteroatoms. The Kier molecular flexibility index (Phi) is 7.09. The zero-order valence-corrected chi connectivity index (χ0v) is 19.5. The van der Waals surface area contributed by atoms with E-state index in [1.165, 1.54) is 16.3 Å². The van der Waals surface area contributed by atoms with Gasteiger partial charge in [0.2, 0.25) is 0 Å². The number of nitrogens with zero attached hydrogens (tertiary/aromatic N) is 5. The number of aromatic nitrogens is 5. The van der Waals surface area contributed by atoms with E-state index in [1.807, 2.05) is 6.92 Å². The van der Waals surface area contributed by atoms with Crippen molar-refractivity contribution in [3.8, 4) is 11.5 Å². The second kappa shape index (κ2) is 8.63. The topological polar surface area (TPSA) is 48.5 Å². The second-order valence-electron chi connectivity index (χ2n) is 5.49. The fourth-order valence-corrected chi connectivity index (χ4v) is 3.23. The van der Waals surface area contributed by atoms with Gasteiger partial charge in [0, 0.05) is 19.6 Å². The first kappa shape index (κ1) is 23.0. The van der Waals surface area contributed by atoms with Gasteiger partial charge < -0.3 is 14.1 Å². The number of thioether (sulfide) groups is 1. The number of pyridine rings is 1. The van der Waals surface area contributed by atoms with E-state index in [2.05, 4.69) is 21.3 Å². The van der Waals surface area contributed by atoms with Gasteiger partial charge in [-0.25, -0.2) is 9.97 Å². The van der Waals surface area contributed by atoms with Crippen LogP contribution in [0, 0.1) is 6.33 Å². The van der Waals surface area contributed by atoms with Crippen molar-refractivity contribution in [2.24, 2.45) is 14.1 Å². The molecule has 0 bridgehead atoms. The maximum absolute atomic E-state index is 13.6.